The van der Waals surface area contributed by atoms with Gasteiger partial charge in [-0.1, -0.05) is 26.1 Å². The Morgan fingerprint density at radius 1 is 1.20 bits per heavy atom. The normalized spacial score (nSPS) is 15.0. The standard InChI is InChI=1S/C7H22NSi2/c1-7-10(5,6)9-8(2,3)4/h7,9H2,1-6H3/q+1. The first-order valence-corrected chi connectivity index (χ1v) is 10.2. The van der Waals surface area contributed by atoms with Gasteiger partial charge >= 0.3 is 0 Å². The maximum absolute atomic E-state index is 2.53. The fourth-order valence-electron chi connectivity index (χ4n) is 1.40. The summed E-state index contributed by atoms with van der Waals surface area (Å²) >= 11 is 0. The Kier molecular flexibility index (Phi) is 3.32. The SMILES string of the molecule is CC[Si](C)(C)[SiH2][N+](C)(C)C. The number of hydrogen-bond acceptors (Lipinski definition) is 0. The van der Waals surface area contributed by atoms with Gasteiger partial charge in [0.15, 0.2) is 0 Å². The lowest BCUT2D eigenvalue weighted by Gasteiger charge is -2.32. The first-order chi connectivity index (χ1) is 4.27. The Morgan fingerprint density at radius 3 is 1.70 bits per heavy atom. The van der Waals surface area contributed by atoms with Gasteiger partial charge in [-0.3, -0.25) is 0 Å². The van der Waals surface area contributed by atoms with Gasteiger partial charge in [0.1, 0.15) is 7.59 Å². The molecule has 0 aliphatic carbocycles. The molecule has 10 heavy (non-hydrogen) atoms. The molecule has 0 aromatic carbocycles. The van der Waals surface area contributed by atoms with Gasteiger partial charge in [0.25, 0.3) is 0 Å². The summed E-state index contributed by atoms with van der Waals surface area (Å²) in [6, 6.07) is 1.47. The molecule has 0 N–H and O–H groups in total. The molecule has 0 heterocycles. The van der Waals surface area contributed by atoms with Crippen molar-refractivity contribution in [1.82, 2.24) is 0 Å². The first-order valence-electron chi connectivity index (χ1n) is 4.07. The summed E-state index contributed by atoms with van der Waals surface area (Å²) in [4.78, 5) is 0. The van der Waals surface area contributed by atoms with Crippen molar-refractivity contribution in [1.29, 1.82) is 0 Å². The zero-order valence-electron chi connectivity index (χ0n) is 8.36. The number of quaternary nitrogens is 1. The molecule has 0 aliphatic rings. The average molecular weight is 176 g/mol. The molecule has 0 rings (SSSR count). The van der Waals surface area contributed by atoms with E-state index in [0.717, 1.165) is 0 Å². The van der Waals surface area contributed by atoms with E-state index in [4.69, 9.17) is 0 Å². The van der Waals surface area contributed by atoms with Crippen LogP contribution in [-0.2, 0) is 0 Å². The molecule has 62 valence electrons. The van der Waals surface area contributed by atoms with E-state index in [9.17, 15) is 0 Å². The predicted molar refractivity (Wildman–Crippen MR) is 54.5 cm³/mol. The molecule has 0 fully saturated rings. The highest BCUT2D eigenvalue weighted by atomic mass is 29.2. The fourth-order valence-corrected chi connectivity index (χ4v) is 12.6. The van der Waals surface area contributed by atoms with Crippen molar-refractivity contribution in [2.45, 2.75) is 26.1 Å². The summed E-state index contributed by atoms with van der Waals surface area (Å²) in [6.07, 6.45) is 0. The molecule has 0 amide bonds. The van der Waals surface area contributed by atoms with Gasteiger partial charge in [0.2, 0.25) is 9.20 Å². The Bertz CT molecular complexity index is 105. The van der Waals surface area contributed by atoms with E-state index in [0.29, 0.717) is 0 Å². The Hall–Kier alpha value is 0.394. The van der Waals surface area contributed by atoms with Crippen LogP contribution in [0.1, 0.15) is 6.92 Å². The van der Waals surface area contributed by atoms with Crippen molar-refractivity contribution in [2.75, 3.05) is 21.1 Å². The molecule has 1 nitrogen and oxygen atoms in total. The van der Waals surface area contributed by atoms with Crippen LogP contribution in [0.5, 0.6) is 0 Å². The predicted octanol–water partition coefficient (Wildman–Crippen LogP) is 1.00. The zero-order valence-corrected chi connectivity index (χ0v) is 10.8. The Morgan fingerprint density at radius 2 is 1.60 bits per heavy atom. The van der Waals surface area contributed by atoms with E-state index in [1.807, 2.05) is 0 Å². The van der Waals surface area contributed by atoms with Gasteiger partial charge in [-0.2, -0.15) is 0 Å². The van der Waals surface area contributed by atoms with Crippen molar-refractivity contribution >= 4 is 16.8 Å². The van der Waals surface area contributed by atoms with Crippen LogP contribution < -0.4 is 0 Å². The zero-order chi connectivity index (χ0) is 8.41. The van der Waals surface area contributed by atoms with Gasteiger partial charge < -0.3 is 4.15 Å². The summed E-state index contributed by atoms with van der Waals surface area (Å²) < 4.78 is 1.27. The molecule has 3 heteroatoms. The lowest BCUT2D eigenvalue weighted by Crippen LogP contribution is -2.52. The fraction of sp³-hybridized carbons (Fsp3) is 1.00. The molecule has 0 aromatic rings. The van der Waals surface area contributed by atoms with Crippen LogP contribution >= 0.6 is 0 Å². The van der Waals surface area contributed by atoms with Crippen molar-refractivity contribution in [2.24, 2.45) is 0 Å². The Labute approximate surface area is 68.7 Å². The second kappa shape index (κ2) is 3.19. The summed E-state index contributed by atoms with van der Waals surface area (Å²) in [6.45, 7) is 7.42. The maximum atomic E-state index is 2.53. The monoisotopic (exact) mass is 176 g/mol. The van der Waals surface area contributed by atoms with E-state index >= 15 is 0 Å². The molecule has 0 unspecified atom stereocenters. The molecule has 0 saturated heterocycles. The molecule has 0 aliphatic heterocycles. The van der Waals surface area contributed by atoms with Crippen molar-refractivity contribution < 1.29 is 4.15 Å². The van der Waals surface area contributed by atoms with Gasteiger partial charge in [-0.05, 0) is 0 Å². The van der Waals surface area contributed by atoms with Gasteiger partial charge in [0.05, 0.1) is 21.1 Å². The third-order valence-electron chi connectivity index (χ3n) is 1.86. The smallest absolute Gasteiger partial charge is 0.234 e. The molecule has 0 atom stereocenters. The van der Waals surface area contributed by atoms with Crippen LogP contribution in [0.15, 0.2) is 0 Å². The second-order valence-corrected chi connectivity index (χ2v) is 18.9. The highest BCUT2D eigenvalue weighted by Gasteiger charge is 2.28. The first kappa shape index (κ1) is 10.4. The van der Waals surface area contributed by atoms with Gasteiger partial charge in [-0.15, -0.1) is 0 Å². The van der Waals surface area contributed by atoms with Crippen molar-refractivity contribution in [3.63, 3.8) is 0 Å². The lowest BCUT2D eigenvalue weighted by atomic mass is 11.0. The lowest BCUT2D eigenvalue weighted by molar-refractivity contribution is -0.753. The molecule has 0 spiro atoms. The molecule has 0 saturated carbocycles. The van der Waals surface area contributed by atoms with Crippen LogP contribution in [0.25, 0.3) is 0 Å². The molecule has 0 bridgehead atoms. The topological polar surface area (TPSA) is 0 Å². The van der Waals surface area contributed by atoms with E-state index in [1.165, 1.54) is 10.2 Å². The third kappa shape index (κ3) is 5.20. The van der Waals surface area contributed by atoms with E-state index in [1.54, 1.807) is 0 Å². The maximum Gasteiger partial charge on any atom is 0.234 e. The van der Waals surface area contributed by atoms with E-state index in [-0.39, 0.29) is 9.20 Å². The van der Waals surface area contributed by atoms with Crippen LogP contribution in [0.4, 0.5) is 0 Å². The van der Waals surface area contributed by atoms with E-state index in [2.05, 4.69) is 41.2 Å². The molecule has 0 aromatic heterocycles. The minimum absolute atomic E-state index is 0.154. The summed E-state index contributed by atoms with van der Waals surface area (Å²) in [5.41, 5.74) is 0. The van der Waals surface area contributed by atoms with E-state index < -0.39 is 7.59 Å². The van der Waals surface area contributed by atoms with Crippen LogP contribution in [-0.4, -0.2) is 42.1 Å². The molecule has 0 radical (unpaired) electrons. The van der Waals surface area contributed by atoms with Gasteiger partial charge in [-0.25, -0.2) is 0 Å². The second-order valence-electron chi connectivity index (χ2n) is 4.97. The minimum atomic E-state index is -0.702. The van der Waals surface area contributed by atoms with Crippen LogP contribution in [0, 0.1) is 0 Å². The van der Waals surface area contributed by atoms with Gasteiger partial charge in [0, 0.05) is 0 Å². The Balaban J connectivity index is 3.89. The summed E-state index contributed by atoms with van der Waals surface area (Å²) in [7, 11) is 6.48. The minimum Gasteiger partial charge on any atom is -0.398 e. The van der Waals surface area contributed by atoms with Crippen molar-refractivity contribution in [3.8, 4) is 0 Å². The van der Waals surface area contributed by atoms with Crippen LogP contribution in [0.3, 0.4) is 0 Å². The quantitative estimate of drug-likeness (QED) is 0.563. The summed E-state index contributed by atoms with van der Waals surface area (Å²) in [5.74, 6) is 0. The number of rotatable bonds is 3. The number of nitrogens with zero attached hydrogens (tertiary/aromatic N) is 1. The van der Waals surface area contributed by atoms with Crippen LogP contribution in [0.2, 0.25) is 19.1 Å². The number of hydrogen-bond donors (Lipinski definition) is 0. The third-order valence-corrected chi connectivity index (χ3v) is 12.5. The largest absolute Gasteiger partial charge is 0.398 e. The highest BCUT2D eigenvalue weighted by Crippen LogP contribution is 2.08. The highest BCUT2D eigenvalue weighted by molar-refractivity contribution is 7.21. The molecular formula is C7H22NSi2+. The molecular weight excluding hydrogens is 154 g/mol. The average Bonchev–Trinajstić information content (AvgIpc) is 1.60. The van der Waals surface area contributed by atoms with Crippen molar-refractivity contribution in [3.05, 3.63) is 0 Å². The summed E-state index contributed by atoms with van der Waals surface area (Å²) in [5, 5.41) is 0.